The molecule has 0 radical (unpaired) electrons. The molecule has 4 atom stereocenters. The zero-order valence-electron chi connectivity index (χ0n) is 22.7. The number of aliphatic hydroxyl groups is 3. The number of phenols is 1. The van der Waals surface area contributed by atoms with Crippen molar-refractivity contribution in [1.82, 2.24) is 9.80 Å². The largest absolute Gasteiger partial charge is 0.510 e. The maximum absolute atomic E-state index is 13.8. The molecule has 0 aliphatic heterocycles. The van der Waals surface area contributed by atoms with Crippen molar-refractivity contribution >= 4 is 29.4 Å². The highest BCUT2D eigenvalue weighted by atomic mass is 16.5. The molecule has 6 N–H and O–H groups in total. The zero-order valence-corrected chi connectivity index (χ0v) is 22.7. The van der Waals surface area contributed by atoms with E-state index in [1.165, 1.54) is 37.1 Å². The van der Waals surface area contributed by atoms with Crippen LogP contribution < -0.4 is 5.73 Å². The number of aromatic hydroxyl groups is 1. The molecule has 0 spiro atoms. The average Bonchev–Trinajstić information content (AvgIpc) is 3.74. The lowest BCUT2D eigenvalue weighted by molar-refractivity contribution is -0.148. The lowest BCUT2D eigenvalue weighted by atomic mass is 9.58. The molecule has 0 unspecified atom stereocenters. The number of allylic oxidation sites excluding steroid dienone is 1. The number of hydrogen-bond donors (Lipinski definition) is 5. The molecule has 1 fully saturated rings. The second kappa shape index (κ2) is 9.70. The van der Waals surface area contributed by atoms with Crippen molar-refractivity contribution in [1.29, 1.82) is 0 Å². The molecule has 4 aliphatic carbocycles. The number of likely N-dealkylation sites (N-methyl/N-ethyl adjacent to an activating group) is 1. The number of amides is 2. The minimum atomic E-state index is -2.75. The van der Waals surface area contributed by atoms with E-state index in [2.05, 4.69) is 0 Å². The summed E-state index contributed by atoms with van der Waals surface area (Å²) in [6, 6.07) is 1.25. The number of carbonyl (C=O) groups is 5. The number of aliphatic hydroxyl groups excluding tert-OH is 2. The summed E-state index contributed by atoms with van der Waals surface area (Å²) in [5, 5.41) is 44.6. The van der Waals surface area contributed by atoms with Crippen LogP contribution in [0.4, 0.5) is 4.79 Å². The predicted molar refractivity (Wildman–Crippen MR) is 140 cm³/mol. The standard InChI is InChI=1S/C28H31N3O10/c1-30(2)21-15-9-11-8-14-13(17(33)10-31(12-4-5-12)27(39)41-3)6-7-16(32)19(14)22(34)18(11)24(36)28(15,40)25(37)20(23(21)35)26(29)38/h6-7,11-12,15,21,32,35-36,40H,4-5,8-10H2,1-3H3,(H2,29,38)/t11-,15-,21-,28-/m0/s1. The third-order valence-corrected chi connectivity index (χ3v) is 8.62. The number of primary amides is 1. The molecule has 1 aromatic carbocycles. The van der Waals surface area contributed by atoms with Gasteiger partial charge in [-0.25, -0.2) is 4.79 Å². The number of phenolic OH excluding ortho intramolecular Hbond substituents is 1. The summed E-state index contributed by atoms with van der Waals surface area (Å²) in [6.07, 6.45) is 0.639. The molecule has 13 nitrogen and oxygen atoms in total. The molecular weight excluding hydrogens is 538 g/mol. The van der Waals surface area contributed by atoms with E-state index < -0.39 is 75.7 Å². The van der Waals surface area contributed by atoms with Gasteiger partial charge < -0.3 is 30.9 Å². The number of nitrogens with zero attached hydrogens (tertiary/aromatic N) is 2. The summed E-state index contributed by atoms with van der Waals surface area (Å²) in [5.74, 6) is -8.16. The van der Waals surface area contributed by atoms with Crippen molar-refractivity contribution in [2.24, 2.45) is 17.6 Å². The summed E-state index contributed by atoms with van der Waals surface area (Å²) in [4.78, 5) is 67.8. The van der Waals surface area contributed by atoms with Crippen LogP contribution in [0, 0.1) is 11.8 Å². The molecule has 1 aromatic rings. The Hall–Kier alpha value is -4.23. The minimum Gasteiger partial charge on any atom is -0.510 e. The maximum Gasteiger partial charge on any atom is 0.410 e. The molecular formula is C28H31N3O10. The molecule has 13 heteroatoms. The highest BCUT2D eigenvalue weighted by Crippen LogP contribution is 2.52. The van der Waals surface area contributed by atoms with Crippen LogP contribution in [0.5, 0.6) is 5.75 Å². The van der Waals surface area contributed by atoms with Crippen molar-refractivity contribution in [3.05, 3.63) is 51.5 Å². The summed E-state index contributed by atoms with van der Waals surface area (Å²) in [6.45, 7) is -0.310. The molecule has 41 heavy (non-hydrogen) atoms. The van der Waals surface area contributed by atoms with Gasteiger partial charge in [0.1, 0.15) is 22.8 Å². The van der Waals surface area contributed by atoms with Crippen molar-refractivity contribution in [2.75, 3.05) is 27.7 Å². The lowest BCUT2D eigenvalue weighted by Crippen LogP contribution is -2.63. The van der Waals surface area contributed by atoms with E-state index in [9.17, 15) is 44.4 Å². The van der Waals surface area contributed by atoms with Crippen molar-refractivity contribution in [3.8, 4) is 5.75 Å². The third-order valence-electron chi connectivity index (χ3n) is 8.62. The van der Waals surface area contributed by atoms with Crippen LogP contribution in [0.3, 0.4) is 0 Å². The van der Waals surface area contributed by atoms with Gasteiger partial charge in [-0.3, -0.25) is 29.0 Å². The number of Topliss-reactive ketones (excluding diaryl/α,β-unsaturated/α-hetero) is 3. The average molecular weight is 570 g/mol. The van der Waals surface area contributed by atoms with E-state index in [1.54, 1.807) is 0 Å². The summed E-state index contributed by atoms with van der Waals surface area (Å²) >= 11 is 0. The summed E-state index contributed by atoms with van der Waals surface area (Å²) in [5.41, 5.74) is 1.41. The van der Waals surface area contributed by atoms with E-state index in [0.717, 1.165) is 18.9 Å². The first-order valence-electron chi connectivity index (χ1n) is 13.1. The Kier molecular flexibility index (Phi) is 6.70. The lowest BCUT2D eigenvalue weighted by Gasteiger charge is -2.50. The number of methoxy groups -OCH3 is 1. The fourth-order valence-electron chi connectivity index (χ4n) is 6.60. The van der Waals surface area contributed by atoms with Crippen LogP contribution in [0.25, 0.3) is 0 Å². The first kappa shape index (κ1) is 28.3. The number of carbonyl (C=O) groups excluding carboxylic acids is 5. The SMILES string of the molecule is COC(=O)N(CC(=O)c1ccc(O)c2c1C[C@H]1C[C@H]3[C@H](N(C)C)C(O)=C(C(N)=O)C(=O)[C@@]3(O)C(O)=C1C2=O)C1CC1. The fraction of sp³-hybridized carbons (Fsp3) is 0.464. The monoisotopic (exact) mass is 569 g/mol. The van der Waals surface area contributed by atoms with Crippen molar-refractivity contribution in [2.45, 2.75) is 43.4 Å². The highest BCUT2D eigenvalue weighted by molar-refractivity contribution is 6.25. The van der Waals surface area contributed by atoms with Gasteiger partial charge in [0.2, 0.25) is 5.78 Å². The van der Waals surface area contributed by atoms with E-state index in [0.29, 0.717) is 0 Å². The fourth-order valence-corrected chi connectivity index (χ4v) is 6.60. The van der Waals surface area contributed by atoms with Crippen LogP contribution in [0.1, 0.15) is 45.5 Å². The van der Waals surface area contributed by atoms with Crippen LogP contribution in [-0.2, 0) is 20.7 Å². The highest BCUT2D eigenvalue weighted by Gasteiger charge is 2.63. The van der Waals surface area contributed by atoms with E-state index in [1.807, 2.05) is 0 Å². The second-order valence-electron chi connectivity index (χ2n) is 11.2. The second-order valence-corrected chi connectivity index (χ2v) is 11.2. The van der Waals surface area contributed by atoms with Crippen LogP contribution in [-0.4, -0.2) is 105 Å². The maximum atomic E-state index is 13.8. The quantitative estimate of drug-likeness (QED) is 0.236. The number of ketones is 3. The number of hydrogen-bond acceptors (Lipinski definition) is 11. The Morgan fingerprint density at radius 3 is 2.34 bits per heavy atom. The van der Waals surface area contributed by atoms with Gasteiger partial charge in [0.25, 0.3) is 5.91 Å². The Balaban J connectivity index is 1.61. The van der Waals surface area contributed by atoms with Crippen LogP contribution in [0.15, 0.2) is 34.8 Å². The summed E-state index contributed by atoms with van der Waals surface area (Å²) in [7, 11) is 4.29. The van der Waals surface area contributed by atoms with Gasteiger partial charge in [0, 0.05) is 23.1 Å². The van der Waals surface area contributed by atoms with E-state index in [-0.39, 0.29) is 47.7 Å². The first-order chi connectivity index (χ1) is 19.2. The Morgan fingerprint density at radius 2 is 1.78 bits per heavy atom. The molecule has 218 valence electrons. The Morgan fingerprint density at radius 1 is 1.12 bits per heavy atom. The Labute approximate surface area is 234 Å². The Bertz CT molecular complexity index is 1470. The normalized spacial score (nSPS) is 27.3. The van der Waals surface area contributed by atoms with Gasteiger partial charge in [-0.1, -0.05) is 0 Å². The molecule has 5 rings (SSSR count). The summed E-state index contributed by atoms with van der Waals surface area (Å²) < 4.78 is 4.81. The molecule has 0 heterocycles. The van der Waals surface area contributed by atoms with Gasteiger partial charge in [-0.2, -0.15) is 0 Å². The predicted octanol–water partition coefficient (Wildman–Crippen LogP) is 0.534. The van der Waals surface area contributed by atoms with Crippen molar-refractivity contribution in [3.63, 3.8) is 0 Å². The van der Waals surface area contributed by atoms with Gasteiger partial charge in [0.15, 0.2) is 17.2 Å². The minimum absolute atomic E-state index is 0.0360. The number of ether oxygens (including phenoxy) is 1. The van der Waals surface area contributed by atoms with Crippen molar-refractivity contribution < 1.29 is 49.1 Å². The van der Waals surface area contributed by atoms with E-state index in [4.69, 9.17) is 10.5 Å². The topological polar surface area (TPSA) is 208 Å². The molecule has 4 aliphatic rings. The molecule has 1 saturated carbocycles. The van der Waals surface area contributed by atoms with Gasteiger partial charge in [-0.15, -0.1) is 0 Å². The number of benzene rings is 1. The smallest absolute Gasteiger partial charge is 0.410 e. The van der Waals surface area contributed by atoms with E-state index >= 15 is 0 Å². The first-order valence-corrected chi connectivity index (χ1v) is 13.1. The molecule has 2 amide bonds. The number of nitrogens with two attached hydrogens (primary N) is 1. The third kappa shape index (κ3) is 4.10. The van der Waals surface area contributed by atoms with Crippen LogP contribution in [0.2, 0.25) is 0 Å². The number of rotatable bonds is 6. The number of fused-ring (bicyclic) bond motifs is 3. The molecule has 0 saturated heterocycles. The molecule has 0 bridgehead atoms. The van der Waals surface area contributed by atoms with Gasteiger partial charge in [0.05, 0.1) is 25.3 Å². The zero-order chi connectivity index (χ0) is 30.1. The van der Waals surface area contributed by atoms with Gasteiger partial charge in [-0.05, 0) is 63.4 Å². The van der Waals surface area contributed by atoms with Gasteiger partial charge >= 0.3 is 6.09 Å². The molecule has 0 aromatic heterocycles. The van der Waals surface area contributed by atoms with Crippen LogP contribution >= 0.6 is 0 Å².